The molecule has 0 amide bonds. The highest BCUT2D eigenvalue weighted by atomic mass is 127. The van der Waals surface area contributed by atoms with E-state index in [0.29, 0.717) is 19.1 Å². The number of methoxy groups -OCH3 is 1. The molecule has 6 heteroatoms. The largest absolute Gasteiger partial charge is 0.380 e. The number of aryl methyl sites for hydroxylation is 1. The Morgan fingerprint density at radius 1 is 1.21 bits per heavy atom. The number of nitrogens with zero attached hydrogens (tertiary/aromatic N) is 1. The number of halogens is 2. The number of nitrogens with one attached hydrogen (secondary N) is 1. The number of hydrogen-bond donors (Lipinski definition) is 2. The molecule has 24 heavy (non-hydrogen) atoms. The average molecular weight is 504 g/mol. The normalized spacial score (nSPS) is 11.0. The highest BCUT2D eigenvalue weighted by molar-refractivity contribution is 14.0. The lowest BCUT2D eigenvalue weighted by Gasteiger charge is -2.10. The lowest BCUT2D eigenvalue weighted by atomic mass is 10.1. The van der Waals surface area contributed by atoms with Crippen LogP contribution in [0.15, 0.2) is 58.0 Å². The van der Waals surface area contributed by atoms with Gasteiger partial charge in [-0.2, -0.15) is 0 Å². The maximum atomic E-state index is 5.96. The predicted octanol–water partition coefficient (Wildman–Crippen LogP) is 4.57. The lowest BCUT2D eigenvalue weighted by Crippen LogP contribution is -2.23. The van der Waals surface area contributed by atoms with Gasteiger partial charge in [-0.15, -0.1) is 24.0 Å². The Bertz CT molecular complexity index is 664. The first-order chi connectivity index (χ1) is 11.2. The Hall–Kier alpha value is -1.12. The molecular formula is C18H23BrIN3O. The first-order valence-electron chi connectivity index (χ1n) is 7.57. The van der Waals surface area contributed by atoms with E-state index < -0.39 is 0 Å². The summed E-state index contributed by atoms with van der Waals surface area (Å²) in [5.74, 6) is 0.433. The number of rotatable bonds is 7. The number of ether oxygens (including phenoxy) is 1. The van der Waals surface area contributed by atoms with Crippen LogP contribution in [0.4, 0.5) is 5.69 Å². The van der Waals surface area contributed by atoms with Crippen LogP contribution in [-0.2, 0) is 17.8 Å². The Balaban J connectivity index is 0.00000288. The van der Waals surface area contributed by atoms with Crippen molar-refractivity contribution in [2.75, 3.05) is 19.0 Å². The summed E-state index contributed by atoms with van der Waals surface area (Å²) < 4.78 is 6.29. The molecule has 3 N–H and O–H groups in total. The van der Waals surface area contributed by atoms with Crippen molar-refractivity contribution in [3.05, 3.63) is 64.1 Å². The van der Waals surface area contributed by atoms with Crippen molar-refractivity contribution >= 4 is 51.6 Å². The SMILES string of the molecule is COCc1ccccc1NC(N)=NCCCc1cccc(Br)c1.I. The maximum Gasteiger partial charge on any atom is 0.193 e. The summed E-state index contributed by atoms with van der Waals surface area (Å²) in [7, 11) is 1.68. The van der Waals surface area contributed by atoms with Gasteiger partial charge in [-0.1, -0.05) is 46.3 Å². The number of hydrogen-bond acceptors (Lipinski definition) is 2. The second-order valence-electron chi connectivity index (χ2n) is 5.22. The van der Waals surface area contributed by atoms with E-state index in [4.69, 9.17) is 10.5 Å². The third-order valence-electron chi connectivity index (χ3n) is 3.37. The van der Waals surface area contributed by atoms with Gasteiger partial charge in [0, 0.05) is 29.4 Å². The van der Waals surface area contributed by atoms with E-state index >= 15 is 0 Å². The molecule has 0 saturated carbocycles. The number of nitrogens with two attached hydrogens (primary N) is 1. The molecular weight excluding hydrogens is 481 g/mol. The molecule has 0 fully saturated rings. The van der Waals surface area contributed by atoms with Crippen LogP contribution in [0, 0.1) is 0 Å². The fraction of sp³-hybridized carbons (Fsp3) is 0.278. The highest BCUT2D eigenvalue weighted by Crippen LogP contribution is 2.15. The van der Waals surface area contributed by atoms with Gasteiger partial charge in [-0.3, -0.25) is 4.99 Å². The van der Waals surface area contributed by atoms with E-state index in [2.05, 4.69) is 38.4 Å². The monoisotopic (exact) mass is 503 g/mol. The summed E-state index contributed by atoms with van der Waals surface area (Å²) in [5, 5.41) is 3.14. The van der Waals surface area contributed by atoms with Crippen LogP contribution in [0.5, 0.6) is 0 Å². The molecule has 2 rings (SSSR count). The second-order valence-corrected chi connectivity index (χ2v) is 6.13. The number of aliphatic imine (C=N–C) groups is 1. The first-order valence-corrected chi connectivity index (χ1v) is 8.36. The van der Waals surface area contributed by atoms with Crippen LogP contribution < -0.4 is 11.1 Å². The van der Waals surface area contributed by atoms with Gasteiger partial charge in [0.1, 0.15) is 0 Å². The molecule has 130 valence electrons. The topological polar surface area (TPSA) is 59.6 Å². The van der Waals surface area contributed by atoms with Crippen LogP contribution in [0.25, 0.3) is 0 Å². The Morgan fingerprint density at radius 2 is 2.00 bits per heavy atom. The molecule has 0 atom stereocenters. The quantitative estimate of drug-likeness (QED) is 0.252. The summed E-state index contributed by atoms with van der Waals surface area (Å²) >= 11 is 3.48. The molecule has 0 saturated heterocycles. The van der Waals surface area contributed by atoms with Crippen molar-refractivity contribution in [1.82, 2.24) is 0 Å². The van der Waals surface area contributed by atoms with Crippen molar-refractivity contribution in [1.29, 1.82) is 0 Å². The van der Waals surface area contributed by atoms with Crippen LogP contribution in [0.1, 0.15) is 17.5 Å². The standard InChI is InChI=1S/C18H22BrN3O.HI/c1-23-13-15-8-2-3-10-17(15)22-18(20)21-11-5-7-14-6-4-9-16(19)12-14;/h2-4,6,8-10,12H,5,7,11,13H2,1H3,(H3,20,21,22);1H. The van der Waals surface area contributed by atoms with Crippen molar-refractivity contribution in [2.45, 2.75) is 19.4 Å². The van der Waals surface area contributed by atoms with Gasteiger partial charge in [0.15, 0.2) is 5.96 Å². The van der Waals surface area contributed by atoms with Gasteiger partial charge in [-0.05, 0) is 36.6 Å². The summed E-state index contributed by atoms with van der Waals surface area (Å²) in [6, 6.07) is 16.2. The highest BCUT2D eigenvalue weighted by Gasteiger charge is 2.02. The fourth-order valence-corrected chi connectivity index (χ4v) is 2.72. The fourth-order valence-electron chi connectivity index (χ4n) is 2.28. The Kier molecular flexibility index (Phi) is 9.97. The van der Waals surface area contributed by atoms with Crippen LogP contribution in [0.3, 0.4) is 0 Å². The van der Waals surface area contributed by atoms with Crippen LogP contribution >= 0.6 is 39.9 Å². The molecule has 0 unspecified atom stereocenters. The minimum atomic E-state index is 0. The zero-order valence-electron chi connectivity index (χ0n) is 13.7. The van der Waals surface area contributed by atoms with Gasteiger partial charge in [0.05, 0.1) is 6.61 Å². The Labute approximate surface area is 169 Å². The number of benzene rings is 2. The van der Waals surface area contributed by atoms with Gasteiger partial charge < -0.3 is 15.8 Å². The van der Waals surface area contributed by atoms with Crippen LogP contribution in [0.2, 0.25) is 0 Å². The van der Waals surface area contributed by atoms with Gasteiger partial charge in [0.25, 0.3) is 0 Å². The number of guanidine groups is 1. The zero-order chi connectivity index (χ0) is 16.5. The number of anilines is 1. The molecule has 0 bridgehead atoms. The summed E-state index contributed by atoms with van der Waals surface area (Å²) in [6.45, 7) is 1.23. The minimum absolute atomic E-state index is 0. The van der Waals surface area contributed by atoms with E-state index in [0.717, 1.165) is 28.6 Å². The predicted molar refractivity (Wildman–Crippen MR) is 115 cm³/mol. The molecule has 0 aliphatic heterocycles. The third-order valence-corrected chi connectivity index (χ3v) is 3.87. The molecule has 0 heterocycles. The maximum absolute atomic E-state index is 5.96. The van der Waals surface area contributed by atoms with Crippen molar-refractivity contribution in [3.8, 4) is 0 Å². The summed E-state index contributed by atoms with van der Waals surface area (Å²) in [5.41, 5.74) is 9.25. The molecule has 0 radical (unpaired) electrons. The molecule has 0 aliphatic rings. The Morgan fingerprint density at radius 3 is 2.75 bits per heavy atom. The van der Waals surface area contributed by atoms with Gasteiger partial charge >= 0.3 is 0 Å². The molecule has 0 aromatic heterocycles. The van der Waals surface area contributed by atoms with Crippen LogP contribution in [-0.4, -0.2) is 19.6 Å². The van der Waals surface area contributed by atoms with Crippen molar-refractivity contribution in [2.24, 2.45) is 10.7 Å². The van der Waals surface area contributed by atoms with E-state index in [-0.39, 0.29) is 24.0 Å². The summed E-state index contributed by atoms with van der Waals surface area (Å²) in [6.07, 6.45) is 1.94. The molecule has 4 nitrogen and oxygen atoms in total. The second kappa shape index (κ2) is 11.4. The van der Waals surface area contributed by atoms with Crippen molar-refractivity contribution < 1.29 is 4.74 Å². The molecule has 2 aromatic carbocycles. The zero-order valence-corrected chi connectivity index (χ0v) is 17.6. The third kappa shape index (κ3) is 7.19. The molecule has 2 aromatic rings. The van der Waals surface area contributed by atoms with Gasteiger partial charge in [-0.25, -0.2) is 0 Å². The average Bonchev–Trinajstić information content (AvgIpc) is 2.54. The first kappa shape index (κ1) is 20.9. The van der Waals surface area contributed by atoms with Gasteiger partial charge in [0.2, 0.25) is 0 Å². The van der Waals surface area contributed by atoms with Crippen molar-refractivity contribution in [3.63, 3.8) is 0 Å². The van der Waals surface area contributed by atoms with E-state index in [1.807, 2.05) is 36.4 Å². The molecule has 0 aliphatic carbocycles. The lowest BCUT2D eigenvalue weighted by molar-refractivity contribution is 0.185. The van der Waals surface area contributed by atoms with E-state index in [1.165, 1.54) is 5.56 Å². The number of para-hydroxylation sites is 1. The molecule has 0 spiro atoms. The summed E-state index contributed by atoms with van der Waals surface area (Å²) in [4.78, 5) is 4.39. The van der Waals surface area contributed by atoms with E-state index in [9.17, 15) is 0 Å². The minimum Gasteiger partial charge on any atom is -0.380 e. The van der Waals surface area contributed by atoms with E-state index in [1.54, 1.807) is 7.11 Å². The smallest absolute Gasteiger partial charge is 0.193 e.